The second kappa shape index (κ2) is 6.31. The average molecular weight is 338 g/mol. The number of halogens is 2. The predicted molar refractivity (Wildman–Crippen MR) is 95.3 cm³/mol. The first kappa shape index (κ1) is 16.0. The van der Waals surface area contributed by atoms with Crippen LogP contribution in [0, 0.1) is 17.7 Å². The van der Waals surface area contributed by atoms with Crippen LogP contribution < -0.4 is 5.32 Å². The Bertz CT molecular complexity index is 721. The van der Waals surface area contributed by atoms with Gasteiger partial charge in [0.25, 0.3) is 0 Å². The number of rotatable bonds is 3. The second-order valence-electron chi connectivity index (χ2n) is 6.42. The molecular formula is C18H21ClFNS. The van der Waals surface area contributed by atoms with Gasteiger partial charge in [0, 0.05) is 16.6 Å². The van der Waals surface area contributed by atoms with Crippen LogP contribution in [0.4, 0.5) is 4.39 Å². The monoisotopic (exact) mass is 337 g/mol. The van der Waals surface area contributed by atoms with Gasteiger partial charge in [-0.05, 0) is 73.2 Å². The van der Waals surface area contributed by atoms with E-state index in [0.29, 0.717) is 0 Å². The Kier molecular flexibility index (Phi) is 4.58. The molecule has 2 aromatic rings. The first-order valence-corrected chi connectivity index (χ1v) is 8.68. The molecule has 4 heteroatoms. The fourth-order valence-electron chi connectivity index (χ4n) is 4.27. The van der Waals surface area contributed by atoms with E-state index in [1.165, 1.54) is 36.6 Å². The van der Waals surface area contributed by atoms with Gasteiger partial charge in [0.05, 0.1) is 0 Å². The minimum atomic E-state index is -0.134. The third-order valence-corrected chi connectivity index (χ3v) is 6.03. The standard InChI is InChI=1S/C18H20FNS.ClH/c1-20-9-13-7-11-2-3-12(6-11)18(13)16-10-21-17-8-14(19)4-5-15(16)17;/h4-5,8,10-12,20H,2-3,6-7,9H2,1H3;1H. The third-order valence-electron chi connectivity index (χ3n) is 5.08. The van der Waals surface area contributed by atoms with Crippen molar-refractivity contribution >= 4 is 39.4 Å². The first-order valence-electron chi connectivity index (χ1n) is 7.80. The van der Waals surface area contributed by atoms with E-state index in [9.17, 15) is 4.39 Å². The van der Waals surface area contributed by atoms with E-state index in [1.807, 2.05) is 13.1 Å². The fourth-order valence-corrected chi connectivity index (χ4v) is 5.26. The van der Waals surface area contributed by atoms with Crippen molar-refractivity contribution in [2.45, 2.75) is 25.7 Å². The molecule has 0 spiro atoms. The summed E-state index contributed by atoms with van der Waals surface area (Å²) in [5, 5.41) is 6.82. The van der Waals surface area contributed by atoms with Crippen molar-refractivity contribution in [3.05, 3.63) is 40.5 Å². The number of nitrogens with one attached hydrogen (secondary N) is 1. The van der Waals surface area contributed by atoms with Crippen molar-refractivity contribution in [1.82, 2.24) is 5.32 Å². The van der Waals surface area contributed by atoms with Gasteiger partial charge >= 0.3 is 0 Å². The molecule has 22 heavy (non-hydrogen) atoms. The molecule has 0 saturated heterocycles. The lowest BCUT2D eigenvalue weighted by molar-refractivity contribution is 0.503. The summed E-state index contributed by atoms with van der Waals surface area (Å²) in [7, 11) is 2.03. The molecule has 1 N–H and O–H groups in total. The van der Waals surface area contributed by atoms with Crippen molar-refractivity contribution in [3.63, 3.8) is 0 Å². The largest absolute Gasteiger partial charge is 0.316 e. The number of likely N-dealkylation sites (N-methyl/N-ethyl adjacent to an activating group) is 1. The SMILES string of the molecule is CNCC1=C(c2csc3cc(F)ccc23)C2CCC(C1)C2.Cl. The predicted octanol–water partition coefficient (Wildman–Crippen LogP) is 5.26. The van der Waals surface area contributed by atoms with Crippen molar-refractivity contribution in [1.29, 1.82) is 0 Å². The first-order chi connectivity index (χ1) is 10.3. The molecule has 2 unspecified atom stereocenters. The highest BCUT2D eigenvalue weighted by atomic mass is 35.5. The van der Waals surface area contributed by atoms with Crippen molar-refractivity contribution in [2.24, 2.45) is 11.8 Å². The van der Waals surface area contributed by atoms with Crippen LogP contribution >= 0.6 is 23.7 Å². The zero-order chi connectivity index (χ0) is 14.4. The van der Waals surface area contributed by atoms with Gasteiger partial charge in [0.1, 0.15) is 5.82 Å². The fraction of sp³-hybridized carbons (Fsp3) is 0.444. The van der Waals surface area contributed by atoms with Crippen molar-refractivity contribution in [3.8, 4) is 0 Å². The summed E-state index contributed by atoms with van der Waals surface area (Å²) >= 11 is 1.67. The van der Waals surface area contributed by atoms with Gasteiger partial charge in [-0.3, -0.25) is 0 Å². The smallest absolute Gasteiger partial charge is 0.124 e. The molecule has 1 saturated carbocycles. The van der Waals surface area contributed by atoms with Crippen LogP contribution in [0.1, 0.15) is 31.2 Å². The number of hydrogen-bond acceptors (Lipinski definition) is 2. The van der Waals surface area contributed by atoms with Gasteiger partial charge in [-0.1, -0.05) is 11.6 Å². The van der Waals surface area contributed by atoms with Crippen molar-refractivity contribution < 1.29 is 4.39 Å². The van der Waals surface area contributed by atoms with E-state index in [1.54, 1.807) is 34.6 Å². The lowest BCUT2D eigenvalue weighted by atomic mass is 9.79. The van der Waals surface area contributed by atoms with Crippen LogP contribution in [0.2, 0.25) is 0 Å². The molecule has 0 aliphatic heterocycles. The van der Waals surface area contributed by atoms with Crippen LogP contribution in [-0.2, 0) is 0 Å². The molecule has 1 nitrogen and oxygen atoms in total. The molecule has 0 amide bonds. The molecule has 1 fully saturated rings. The average Bonchev–Trinajstić information content (AvgIpc) is 3.04. The molecule has 2 aliphatic rings. The summed E-state index contributed by atoms with van der Waals surface area (Å²) in [6, 6.07) is 5.22. The van der Waals surface area contributed by atoms with Crippen LogP contribution in [-0.4, -0.2) is 13.6 Å². The number of benzene rings is 1. The Labute approximate surface area is 141 Å². The van der Waals surface area contributed by atoms with Gasteiger partial charge in [-0.15, -0.1) is 23.7 Å². The third kappa shape index (κ3) is 2.60. The van der Waals surface area contributed by atoms with Crippen LogP contribution in [0.3, 0.4) is 0 Å². The van der Waals surface area contributed by atoms with E-state index in [0.717, 1.165) is 23.1 Å². The molecule has 1 aromatic carbocycles. The Hall–Kier alpha value is -0.900. The van der Waals surface area contributed by atoms with Gasteiger partial charge in [0.15, 0.2) is 0 Å². The van der Waals surface area contributed by atoms with E-state index >= 15 is 0 Å². The van der Waals surface area contributed by atoms with E-state index in [4.69, 9.17) is 0 Å². The summed E-state index contributed by atoms with van der Waals surface area (Å²) in [5.41, 5.74) is 4.52. The Morgan fingerprint density at radius 2 is 2.18 bits per heavy atom. The molecule has 2 aliphatic carbocycles. The van der Waals surface area contributed by atoms with Gasteiger partial charge in [-0.25, -0.2) is 4.39 Å². The summed E-state index contributed by atoms with van der Waals surface area (Å²) in [5.74, 6) is 1.48. The van der Waals surface area contributed by atoms with Crippen molar-refractivity contribution in [2.75, 3.05) is 13.6 Å². The lowest BCUT2D eigenvalue weighted by Gasteiger charge is -2.26. The summed E-state index contributed by atoms with van der Waals surface area (Å²) in [4.78, 5) is 0. The van der Waals surface area contributed by atoms with E-state index in [2.05, 4.69) is 10.7 Å². The van der Waals surface area contributed by atoms with Gasteiger partial charge < -0.3 is 5.32 Å². The zero-order valence-corrected chi connectivity index (χ0v) is 14.3. The second-order valence-corrected chi connectivity index (χ2v) is 7.33. The quantitative estimate of drug-likeness (QED) is 0.806. The zero-order valence-electron chi connectivity index (χ0n) is 12.7. The Balaban J connectivity index is 0.00000144. The highest BCUT2D eigenvalue weighted by molar-refractivity contribution is 7.17. The molecule has 2 atom stereocenters. The summed E-state index contributed by atoms with van der Waals surface area (Å²) < 4.78 is 14.5. The van der Waals surface area contributed by atoms with Crippen LogP contribution in [0.25, 0.3) is 15.7 Å². The number of allylic oxidation sites excluding steroid dienone is 1. The molecule has 1 heterocycles. The molecule has 0 radical (unpaired) electrons. The molecule has 1 aromatic heterocycles. The number of hydrogen-bond donors (Lipinski definition) is 1. The Morgan fingerprint density at radius 1 is 1.32 bits per heavy atom. The molecule has 118 valence electrons. The number of thiophene rings is 1. The molecular weight excluding hydrogens is 317 g/mol. The van der Waals surface area contributed by atoms with Crippen LogP contribution in [0.5, 0.6) is 0 Å². The maximum Gasteiger partial charge on any atom is 0.124 e. The van der Waals surface area contributed by atoms with E-state index in [-0.39, 0.29) is 18.2 Å². The summed E-state index contributed by atoms with van der Waals surface area (Å²) in [6.45, 7) is 0.987. The summed E-state index contributed by atoms with van der Waals surface area (Å²) in [6.07, 6.45) is 5.29. The molecule has 4 rings (SSSR count). The van der Waals surface area contributed by atoms with E-state index < -0.39 is 0 Å². The highest BCUT2D eigenvalue weighted by Crippen LogP contribution is 2.50. The minimum Gasteiger partial charge on any atom is -0.316 e. The Morgan fingerprint density at radius 3 is 3.00 bits per heavy atom. The van der Waals surface area contributed by atoms with Gasteiger partial charge in [-0.2, -0.15) is 0 Å². The maximum atomic E-state index is 13.4. The van der Waals surface area contributed by atoms with Crippen LogP contribution in [0.15, 0.2) is 29.2 Å². The number of fused-ring (bicyclic) bond motifs is 3. The topological polar surface area (TPSA) is 12.0 Å². The normalized spacial score (nSPS) is 23.9. The highest BCUT2D eigenvalue weighted by Gasteiger charge is 2.35. The van der Waals surface area contributed by atoms with Gasteiger partial charge in [0.2, 0.25) is 0 Å². The minimum absolute atomic E-state index is 0. The molecule has 2 bridgehead atoms. The maximum absolute atomic E-state index is 13.4. The lowest BCUT2D eigenvalue weighted by Crippen LogP contribution is -2.19.